The first-order valence-corrected chi connectivity index (χ1v) is 4.77. The summed E-state index contributed by atoms with van der Waals surface area (Å²) in [6.45, 7) is 0. The Balaban J connectivity index is 2.13. The zero-order valence-corrected chi connectivity index (χ0v) is 7.24. The van der Waals surface area contributed by atoms with E-state index in [1.54, 1.807) is 0 Å². The third-order valence-corrected chi connectivity index (χ3v) is 3.89. The number of allylic oxidation sites excluding steroid dienone is 4. The van der Waals surface area contributed by atoms with Gasteiger partial charge >= 0.3 is 0 Å². The lowest BCUT2D eigenvalue weighted by atomic mass is 9.76. The predicted octanol–water partition coefficient (Wildman–Crippen LogP) is 1.78. The van der Waals surface area contributed by atoms with Crippen LogP contribution in [-0.2, 0) is 4.79 Å². The van der Waals surface area contributed by atoms with E-state index in [-0.39, 0.29) is 29.0 Å². The van der Waals surface area contributed by atoms with E-state index < -0.39 is 0 Å². The number of alkyl halides is 1. The van der Waals surface area contributed by atoms with Crippen molar-refractivity contribution in [1.29, 1.82) is 0 Å². The van der Waals surface area contributed by atoms with E-state index in [1.165, 1.54) is 0 Å². The molecule has 62 valence electrons. The maximum absolute atomic E-state index is 11.6. The molecule has 0 aliphatic heterocycles. The first kappa shape index (κ1) is 6.90. The smallest absolute Gasteiger partial charge is 0.147 e. The van der Waals surface area contributed by atoms with Crippen molar-refractivity contribution in [3.8, 4) is 0 Å². The number of Topliss-reactive ketones (excluding diaryl/α,β-unsaturated/α-hetero) is 1. The van der Waals surface area contributed by atoms with Crippen molar-refractivity contribution in [3.05, 3.63) is 24.3 Å². The van der Waals surface area contributed by atoms with Crippen LogP contribution in [0.15, 0.2) is 24.3 Å². The van der Waals surface area contributed by atoms with Crippen LogP contribution in [0.4, 0.5) is 0 Å². The van der Waals surface area contributed by atoms with Crippen LogP contribution in [0.1, 0.15) is 0 Å². The van der Waals surface area contributed by atoms with E-state index in [0.29, 0.717) is 5.78 Å². The van der Waals surface area contributed by atoms with Crippen LogP contribution < -0.4 is 0 Å². The van der Waals surface area contributed by atoms with Gasteiger partial charge in [0.15, 0.2) is 0 Å². The largest absolute Gasteiger partial charge is 0.298 e. The van der Waals surface area contributed by atoms with Crippen molar-refractivity contribution < 1.29 is 4.79 Å². The highest BCUT2D eigenvalue weighted by Crippen LogP contribution is 2.49. The molecular formula is C10H9ClO. The monoisotopic (exact) mass is 180 g/mol. The van der Waals surface area contributed by atoms with Crippen molar-refractivity contribution >= 4 is 17.4 Å². The van der Waals surface area contributed by atoms with E-state index in [0.717, 1.165) is 0 Å². The summed E-state index contributed by atoms with van der Waals surface area (Å²) < 4.78 is 0. The predicted molar refractivity (Wildman–Crippen MR) is 46.9 cm³/mol. The number of hydrogen-bond donors (Lipinski definition) is 0. The number of fused-ring (bicyclic) bond motifs is 6. The quantitative estimate of drug-likeness (QED) is 0.410. The molecule has 0 heterocycles. The highest BCUT2D eigenvalue weighted by Gasteiger charge is 2.51. The molecule has 1 nitrogen and oxygen atoms in total. The number of carbonyl (C=O) groups is 1. The molecule has 0 aromatic carbocycles. The molecule has 1 fully saturated rings. The lowest BCUT2D eigenvalue weighted by Gasteiger charge is -2.30. The van der Waals surface area contributed by atoms with Crippen molar-refractivity contribution in [2.24, 2.45) is 23.7 Å². The fourth-order valence-electron chi connectivity index (χ4n) is 2.65. The normalized spacial score (nSPS) is 53.8. The SMILES string of the molecule is O=C1C2C=CC1C1C=CC2C1Cl. The number of hydrogen-bond acceptors (Lipinski definition) is 1. The van der Waals surface area contributed by atoms with E-state index >= 15 is 0 Å². The third-order valence-electron chi connectivity index (χ3n) is 3.30. The van der Waals surface area contributed by atoms with Gasteiger partial charge in [-0.3, -0.25) is 4.79 Å². The standard InChI is InChI=1S/C10H9ClO/c11-9-5-1-2-6(9)8-4-3-7(5)10(8)12/h1-9H. The Morgan fingerprint density at radius 2 is 1.50 bits per heavy atom. The summed E-state index contributed by atoms with van der Waals surface area (Å²) in [4.78, 5) is 11.6. The molecule has 4 unspecified atom stereocenters. The third kappa shape index (κ3) is 0.601. The molecule has 3 aliphatic rings. The molecule has 4 bridgehead atoms. The number of ketones is 1. The van der Waals surface area contributed by atoms with Gasteiger partial charge in [-0.25, -0.2) is 0 Å². The van der Waals surface area contributed by atoms with Crippen molar-refractivity contribution in [2.75, 3.05) is 0 Å². The van der Waals surface area contributed by atoms with Crippen LogP contribution in [0.3, 0.4) is 0 Å². The number of halogens is 1. The minimum Gasteiger partial charge on any atom is -0.298 e. The van der Waals surface area contributed by atoms with Gasteiger partial charge in [0.1, 0.15) is 5.78 Å². The van der Waals surface area contributed by atoms with Gasteiger partial charge in [0.2, 0.25) is 0 Å². The van der Waals surface area contributed by atoms with Gasteiger partial charge in [0.05, 0.1) is 0 Å². The molecule has 0 aromatic rings. The molecule has 0 saturated heterocycles. The fraction of sp³-hybridized carbons (Fsp3) is 0.500. The fourth-order valence-corrected chi connectivity index (χ4v) is 3.13. The lowest BCUT2D eigenvalue weighted by Crippen LogP contribution is -2.38. The summed E-state index contributed by atoms with van der Waals surface area (Å²) in [6.07, 6.45) is 8.32. The molecule has 3 aliphatic carbocycles. The Morgan fingerprint density at radius 1 is 1.00 bits per heavy atom. The van der Waals surface area contributed by atoms with E-state index in [9.17, 15) is 4.79 Å². The van der Waals surface area contributed by atoms with Crippen molar-refractivity contribution in [2.45, 2.75) is 5.38 Å². The number of rotatable bonds is 0. The van der Waals surface area contributed by atoms with Gasteiger partial charge in [0.25, 0.3) is 0 Å². The Hall–Kier alpha value is -0.560. The summed E-state index contributed by atoms with van der Waals surface area (Å²) in [5.74, 6) is 1.12. The van der Waals surface area contributed by atoms with Crippen molar-refractivity contribution in [1.82, 2.24) is 0 Å². The van der Waals surface area contributed by atoms with Crippen molar-refractivity contribution in [3.63, 3.8) is 0 Å². The number of carbonyl (C=O) groups excluding carboxylic acids is 1. The molecule has 3 rings (SSSR count). The summed E-state index contributed by atoms with van der Waals surface area (Å²) >= 11 is 6.22. The minimum absolute atomic E-state index is 0.0903. The second-order valence-corrected chi connectivity index (χ2v) is 4.33. The van der Waals surface area contributed by atoms with Crippen LogP contribution in [0.5, 0.6) is 0 Å². The van der Waals surface area contributed by atoms with Gasteiger partial charge in [-0.15, -0.1) is 11.6 Å². The Kier molecular flexibility index (Phi) is 1.16. The van der Waals surface area contributed by atoms with Crippen LogP contribution in [-0.4, -0.2) is 11.2 Å². The topological polar surface area (TPSA) is 17.1 Å². The van der Waals surface area contributed by atoms with Crippen LogP contribution in [0, 0.1) is 23.7 Å². The zero-order chi connectivity index (χ0) is 8.29. The summed E-state index contributed by atoms with van der Waals surface area (Å²) in [6, 6.07) is 0. The molecule has 0 aromatic heterocycles. The summed E-state index contributed by atoms with van der Waals surface area (Å²) in [5.41, 5.74) is 0. The van der Waals surface area contributed by atoms with Gasteiger partial charge < -0.3 is 0 Å². The molecule has 1 saturated carbocycles. The maximum Gasteiger partial charge on any atom is 0.147 e. The second kappa shape index (κ2) is 2.02. The summed E-state index contributed by atoms with van der Waals surface area (Å²) in [7, 11) is 0. The highest BCUT2D eigenvalue weighted by atomic mass is 35.5. The van der Waals surface area contributed by atoms with Crippen LogP contribution >= 0.6 is 11.6 Å². The molecule has 2 heteroatoms. The Bertz CT molecular complexity index is 279. The van der Waals surface area contributed by atoms with Crippen LogP contribution in [0.2, 0.25) is 0 Å². The molecule has 0 N–H and O–H groups in total. The Morgan fingerprint density at radius 3 is 2.00 bits per heavy atom. The van der Waals surface area contributed by atoms with E-state index in [2.05, 4.69) is 12.2 Å². The maximum atomic E-state index is 11.6. The average molecular weight is 181 g/mol. The van der Waals surface area contributed by atoms with Gasteiger partial charge in [-0.2, -0.15) is 0 Å². The Labute approximate surface area is 76.1 Å². The lowest BCUT2D eigenvalue weighted by molar-refractivity contribution is -0.126. The molecule has 12 heavy (non-hydrogen) atoms. The van der Waals surface area contributed by atoms with E-state index in [4.69, 9.17) is 11.6 Å². The highest BCUT2D eigenvalue weighted by molar-refractivity contribution is 6.22. The van der Waals surface area contributed by atoms with Crippen LogP contribution in [0.25, 0.3) is 0 Å². The molecule has 0 radical (unpaired) electrons. The minimum atomic E-state index is 0.0903. The average Bonchev–Trinajstić information content (AvgIpc) is 2.41. The van der Waals surface area contributed by atoms with Gasteiger partial charge in [-0.1, -0.05) is 24.3 Å². The molecule has 0 amide bonds. The second-order valence-electron chi connectivity index (χ2n) is 3.82. The van der Waals surface area contributed by atoms with E-state index in [1.807, 2.05) is 12.2 Å². The molecule has 0 spiro atoms. The molecular weight excluding hydrogens is 172 g/mol. The van der Waals surface area contributed by atoms with Gasteiger partial charge in [0, 0.05) is 29.0 Å². The molecule has 4 atom stereocenters. The van der Waals surface area contributed by atoms with Gasteiger partial charge in [-0.05, 0) is 0 Å². The zero-order valence-electron chi connectivity index (χ0n) is 6.48. The first-order chi connectivity index (χ1) is 5.79. The first-order valence-electron chi connectivity index (χ1n) is 4.33. The summed E-state index contributed by atoms with van der Waals surface area (Å²) in [5, 5.41) is 0.160.